The molecule has 0 amide bonds. The standard InChI is InChI=1S/C13H20N2O2/c1-3-4-5-6-9-15-10-12(14(2)11-15)7-8-13(16)17/h7-8,10-11H,3-6,9H2,1-2H3/b8-7+. The van der Waals surface area contributed by atoms with Crippen LogP contribution in [0.4, 0.5) is 0 Å². The van der Waals surface area contributed by atoms with Crippen molar-refractivity contribution in [3.63, 3.8) is 0 Å². The van der Waals surface area contributed by atoms with E-state index in [4.69, 9.17) is 0 Å². The zero-order valence-electron chi connectivity index (χ0n) is 10.6. The number of hydrogen-bond acceptors (Lipinski definition) is 2. The molecule has 0 bridgehead atoms. The van der Waals surface area contributed by atoms with Gasteiger partial charge in [0.25, 0.3) is 0 Å². The summed E-state index contributed by atoms with van der Waals surface area (Å²) in [6.07, 6.45) is 11.4. The van der Waals surface area contributed by atoms with Crippen LogP contribution < -0.4 is 9.67 Å². The zero-order chi connectivity index (χ0) is 12.7. The molecular weight excluding hydrogens is 216 g/mol. The van der Waals surface area contributed by atoms with Gasteiger partial charge in [0.15, 0.2) is 5.69 Å². The van der Waals surface area contributed by atoms with E-state index < -0.39 is 5.97 Å². The van der Waals surface area contributed by atoms with E-state index in [9.17, 15) is 9.90 Å². The van der Waals surface area contributed by atoms with Crippen molar-refractivity contribution in [2.24, 2.45) is 7.05 Å². The first-order valence-electron chi connectivity index (χ1n) is 6.08. The average Bonchev–Trinajstić information content (AvgIpc) is 2.63. The van der Waals surface area contributed by atoms with E-state index >= 15 is 0 Å². The SMILES string of the molecule is CCCCCC[n+]1cc(/C=C/C(=O)[O-])n(C)c1. The van der Waals surface area contributed by atoms with Crippen LogP contribution in [0.1, 0.15) is 38.3 Å². The summed E-state index contributed by atoms with van der Waals surface area (Å²) in [7, 11) is 1.90. The molecule has 0 aliphatic rings. The lowest BCUT2D eigenvalue weighted by Crippen LogP contribution is -2.30. The van der Waals surface area contributed by atoms with Crippen LogP contribution in [0.25, 0.3) is 6.08 Å². The summed E-state index contributed by atoms with van der Waals surface area (Å²) < 4.78 is 3.99. The largest absolute Gasteiger partial charge is 0.545 e. The minimum Gasteiger partial charge on any atom is -0.545 e. The molecular formula is C13H20N2O2. The number of carboxylic acid groups (broad SMARTS) is 1. The second-order valence-corrected chi connectivity index (χ2v) is 4.23. The number of aromatic nitrogens is 2. The number of aryl methyl sites for hydroxylation is 2. The molecule has 0 spiro atoms. The van der Waals surface area contributed by atoms with Crippen molar-refractivity contribution in [2.45, 2.75) is 39.2 Å². The third-order valence-corrected chi connectivity index (χ3v) is 2.69. The number of rotatable bonds is 7. The molecule has 0 fully saturated rings. The maximum absolute atomic E-state index is 10.3. The molecule has 0 saturated carbocycles. The molecule has 0 atom stereocenters. The third-order valence-electron chi connectivity index (χ3n) is 2.69. The monoisotopic (exact) mass is 236 g/mol. The van der Waals surface area contributed by atoms with Crippen LogP contribution in [0.2, 0.25) is 0 Å². The minimum atomic E-state index is -1.17. The Morgan fingerprint density at radius 2 is 2.24 bits per heavy atom. The third kappa shape index (κ3) is 4.85. The zero-order valence-corrected chi connectivity index (χ0v) is 10.6. The average molecular weight is 236 g/mol. The molecule has 4 heteroatoms. The van der Waals surface area contributed by atoms with Crippen LogP contribution in [-0.2, 0) is 18.4 Å². The van der Waals surface area contributed by atoms with Crippen molar-refractivity contribution < 1.29 is 14.5 Å². The van der Waals surface area contributed by atoms with Crippen molar-refractivity contribution in [1.29, 1.82) is 0 Å². The predicted octanol–water partition coefficient (Wildman–Crippen LogP) is 0.656. The van der Waals surface area contributed by atoms with Gasteiger partial charge < -0.3 is 9.90 Å². The fourth-order valence-electron chi connectivity index (χ4n) is 1.74. The molecule has 0 saturated heterocycles. The van der Waals surface area contributed by atoms with Gasteiger partial charge in [-0.2, -0.15) is 0 Å². The van der Waals surface area contributed by atoms with Gasteiger partial charge >= 0.3 is 0 Å². The molecule has 0 aliphatic carbocycles. The van der Waals surface area contributed by atoms with Crippen molar-refractivity contribution in [2.75, 3.05) is 0 Å². The highest BCUT2D eigenvalue weighted by atomic mass is 16.4. The van der Waals surface area contributed by atoms with E-state index in [0.29, 0.717) is 0 Å². The second kappa shape index (κ2) is 6.89. The van der Waals surface area contributed by atoms with Gasteiger partial charge in [-0.1, -0.05) is 19.8 Å². The van der Waals surface area contributed by atoms with Crippen LogP contribution in [0.15, 0.2) is 18.6 Å². The number of nitrogens with zero attached hydrogens (tertiary/aromatic N) is 2. The van der Waals surface area contributed by atoms with E-state index in [2.05, 4.69) is 11.5 Å². The van der Waals surface area contributed by atoms with E-state index in [0.717, 1.165) is 24.7 Å². The van der Waals surface area contributed by atoms with Crippen molar-refractivity contribution in [3.05, 3.63) is 24.3 Å². The lowest BCUT2D eigenvalue weighted by atomic mass is 10.2. The van der Waals surface area contributed by atoms with Gasteiger partial charge in [0.1, 0.15) is 6.20 Å². The Balaban J connectivity index is 2.52. The molecule has 1 aromatic rings. The van der Waals surface area contributed by atoms with Gasteiger partial charge in [-0.3, -0.25) is 0 Å². The van der Waals surface area contributed by atoms with E-state index in [1.807, 2.05) is 24.1 Å². The second-order valence-electron chi connectivity index (χ2n) is 4.23. The van der Waals surface area contributed by atoms with E-state index in [-0.39, 0.29) is 0 Å². The Bertz CT molecular complexity index is 394. The van der Waals surface area contributed by atoms with Crippen LogP contribution in [0.3, 0.4) is 0 Å². The molecule has 0 aliphatic heterocycles. The molecule has 1 rings (SSSR count). The van der Waals surface area contributed by atoms with Crippen LogP contribution in [0.5, 0.6) is 0 Å². The number of unbranched alkanes of at least 4 members (excludes halogenated alkanes) is 3. The van der Waals surface area contributed by atoms with Gasteiger partial charge in [0.2, 0.25) is 6.33 Å². The Labute approximate surface area is 102 Å². The summed E-state index contributed by atoms with van der Waals surface area (Å²) in [5, 5.41) is 10.3. The first kappa shape index (κ1) is 13.5. The normalized spacial score (nSPS) is 11.2. The Morgan fingerprint density at radius 1 is 1.47 bits per heavy atom. The molecule has 0 N–H and O–H groups in total. The number of carbonyl (C=O) groups excluding carboxylic acids is 1. The first-order valence-corrected chi connectivity index (χ1v) is 6.08. The maximum atomic E-state index is 10.3. The summed E-state index contributed by atoms with van der Waals surface area (Å²) in [5.74, 6) is -1.17. The summed E-state index contributed by atoms with van der Waals surface area (Å²) in [6.45, 7) is 3.17. The molecule has 94 valence electrons. The van der Waals surface area contributed by atoms with E-state index in [1.165, 1.54) is 19.3 Å². The number of imidazole rings is 1. The Hall–Kier alpha value is -1.58. The quantitative estimate of drug-likeness (QED) is 0.396. The minimum absolute atomic E-state index is 0.865. The van der Waals surface area contributed by atoms with E-state index in [1.54, 1.807) is 6.08 Å². The van der Waals surface area contributed by atoms with Crippen LogP contribution >= 0.6 is 0 Å². The Kier molecular flexibility index (Phi) is 5.46. The lowest BCUT2D eigenvalue weighted by Gasteiger charge is -1.95. The van der Waals surface area contributed by atoms with Gasteiger partial charge in [0, 0.05) is 0 Å². The van der Waals surface area contributed by atoms with Gasteiger partial charge in [-0.05, 0) is 25.0 Å². The topological polar surface area (TPSA) is 48.9 Å². The van der Waals surface area contributed by atoms with Crippen molar-refractivity contribution in [3.8, 4) is 0 Å². The molecule has 4 nitrogen and oxygen atoms in total. The highest BCUT2D eigenvalue weighted by Crippen LogP contribution is 2.01. The van der Waals surface area contributed by atoms with Gasteiger partial charge in [-0.15, -0.1) is 0 Å². The first-order chi connectivity index (χ1) is 8.13. The molecule has 0 unspecified atom stereocenters. The van der Waals surface area contributed by atoms with Crippen LogP contribution in [0, 0.1) is 0 Å². The number of hydrogen-bond donors (Lipinski definition) is 0. The predicted molar refractivity (Wildman–Crippen MR) is 63.8 cm³/mol. The molecule has 0 aromatic carbocycles. The fourth-order valence-corrected chi connectivity index (χ4v) is 1.74. The molecule has 17 heavy (non-hydrogen) atoms. The number of carboxylic acids is 1. The fraction of sp³-hybridized carbons (Fsp3) is 0.538. The lowest BCUT2D eigenvalue weighted by molar-refractivity contribution is -0.696. The molecule has 0 radical (unpaired) electrons. The molecule has 1 aromatic heterocycles. The maximum Gasteiger partial charge on any atom is 0.244 e. The number of carbonyl (C=O) groups is 1. The Morgan fingerprint density at radius 3 is 2.88 bits per heavy atom. The summed E-state index contributed by atoms with van der Waals surface area (Å²) >= 11 is 0. The van der Waals surface area contributed by atoms with Crippen LogP contribution in [-0.4, -0.2) is 10.5 Å². The highest BCUT2D eigenvalue weighted by Gasteiger charge is 2.06. The van der Waals surface area contributed by atoms with Crippen molar-refractivity contribution in [1.82, 2.24) is 4.57 Å². The number of aliphatic carboxylic acids is 1. The smallest absolute Gasteiger partial charge is 0.244 e. The summed E-state index contributed by atoms with van der Waals surface area (Å²) in [6, 6.07) is 0. The van der Waals surface area contributed by atoms with Gasteiger partial charge in [0.05, 0.1) is 19.6 Å². The highest BCUT2D eigenvalue weighted by molar-refractivity contribution is 5.83. The molecule has 1 heterocycles. The van der Waals surface area contributed by atoms with Crippen molar-refractivity contribution >= 4 is 12.0 Å². The van der Waals surface area contributed by atoms with Gasteiger partial charge in [-0.25, -0.2) is 9.13 Å². The summed E-state index contributed by atoms with van der Waals surface area (Å²) in [5.41, 5.74) is 0.865. The summed E-state index contributed by atoms with van der Waals surface area (Å²) in [4.78, 5) is 10.3.